The van der Waals surface area contributed by atoms with Gasteiger partial charge in [0.15, 0.2) is 0 Å². The number of hydrogen-bond acceptors (Lipinski definition) is 4. The van der Waals surface area contributed by atoms with E-state index >= 15 is 0 Å². The molecule has 0 bridgehead atoms. The second-order valence-corrected chi connectivity index (χ2v) is 13.9. The minimum atomic E-state index is -4.15. The fraction of sp³-hybridized carbons (Fsp3) is 0.297. The van der Waals surface area contributed by atoms with Gasteiger partial charge in [-0.25, -0.2) is 8.42 Å². The predicted octanol–water partition coefficient (Wildman–Crippen LogP) is 6.28. The lowest BCUT2D eigenvalue weighted by Crippen LogP contribution is -2.54. The van der Waals surface area contributed by atoms with Crippen LogP contribution in [0.4, 0.5) is 5.69 Å². The maximum atomic E-state index is 14.6. The quantitative estimate of drug-likeness (QED) is 0.201. The summed E-state index contributed by atoms with van der Waals surface area (Å²) in [6.07, 6.45) is 0.269. The highest BCUT2D eigenvalue weighted by Crippen LogP contribution is 2.29. The molecule has 236 valence electrons. The number of carbonyl (C=O) groups is 2. The minimum Gasteiger partial charge on any atom is -0.352 e. The Hall–Kier alpha value is -4.43. The number of anilines is 1. The average molecular weight is 626 g/mol. The predicted molar refractivity (Wildman–Crippen MR) is 181 cm³/mol. The molecule has 0 saturated heterocycles. The third-order valence-electron chi connectivity index (χ3n) is 7.65. The van der Waals surface area contributed by atoms with Gasteiger partial charge < -0.3 is 10.2 Å². The first-order valence-electron chi connectivity index (χ1n) is 15.2. The van der Waals surface area contributed by atoms with Crippen molar-refractivity contribution in [2.24, 2.45) is 0 Å². The lowest BCUT2D eigenvalue weighted by molar-refractivity contribution is -0.140. The summed E-state index contributed by atoms with van der Waals surface area (Å²) in [7, 11) is -4.15. The first kappa shape index (κ1) is 33.5. The van der Waals surface area contributed by atoms with Crippen molar-refractivity contribution in [3.8, 4) is 0 Å². The monoisotopic (exact) mass is 625 g/mol. The summed E-state index contributed by atoms with van der Waals surface area (Å²) in [4.78, 5) is 30.0. The Labute approximate surface area is 268 Å². The Morgan fingerprint density at radius 3 is 1.98 bits per heavy atom. The zero-order valence-corrected chi connectivity index (χ0v) is 27.8. The highest BCUT2D eigenvalue weighted by Gasteiger charge is 2.35. The molecule has 8 heteroatoms. The molecule has 0 spiro atoms. The summed E-state index contributed by atoms with van der Waals surface area (Å²) in [6, 6.07) is 28.4. The van der Waals surface area contributed by atoms with Gasteiger partial charge in [-0.15, -0.1) is 0 Å². The topological polar surface area (TPSA) is 86.8 Å². The van der Waals surface area contributed by atoms with Crippen molar-refractivity contribution in [1.29, 1.82) is 0 Å². The van der Waals surface area contributed by atoms with E-state index in [0.29, 0.717) is 5.69 Å². The van der Waals surface area contributed by atoms with Crippen LogP contribution in [0.15, 0.2) is 102 Å². The molecule has 0 aromatic heterocycles. The summed E-state index contributed by atoms with van der Waals surface area (Å²) >= 11 is 0. The Kier molecular flexibility index (Phi) is 10.8. The van der Waals surface area contributed by atoms with Crippen LogP contribution in [0.3, 0.4) is 0 Å². The van der Waals surface area contributed by atoms with Crippen molar-refractivity contribution in [1.82, 2.24) is 10.2 Å². The first-order chi connectivity index (χ1) is 21.3. The Morgan fingerprint density at radius 2 is 1.36 bits per heavy atom. The standard InChI is InChI=1S/C37H43N3O4S/c1-26(2)38-37(42)35(23-31-12-8-7-9-13-31)39(24-32-14-10-11-28(4)22-32)36(41)25-40(34-20-17-29(5)21-30(34)6)45(43,44)33-18-15-27(3)16-19-33/h7-22,26,35H,23-25H2,1-6H3,(H,38,42). The molecule has 1 N–H and O–H groups in total. The second-order valence-electron chi connectivity index (χ2n) is 12.0. The molecule has 1 atom stereocenters. The maximum Gasteiger partial charge on any atom is 0.264 e. The van der Waals surface area contributed by atoms with Crippen LogP contribution in [0.25, 0.3) is 0 Å². The van der Waals surface area contributed by atoms with Crippen LogP contribution in [0.5, 0.6) is 0 Å². The van der Waals surface area contributed by atoms with Crippen LogP contribution in [0.2, 0.25) is 0 Å². The highest BCUT2D eigenvalue weighted by molar-refractivity contribution is 7.92. The molecular weight excluding hydrogens is 582 g/mol. The zero-order chi connectivity index (χ0) is 32.7. The number of nitrogens with zero attached hydrogens (tertiary/aromatic N) is 2. The van der Waals surface area contributed by atoms with Gasteiger partial charge in [0.2, 0.25) is 11.8 Å². The number of aryl methyl sites for hydroxylation is 4. The van der Waals surface area contributed by atoms with Crippen LogP contribution < -0.4 is 9.62 Å². The third-order valence-corrected chi connectivity index (χ3v) is 9.42. The number of hydrogen-bond donors (Lipinski definition) is 1. The van der Waals surface area contributed by atoms with E-state index in [4.69, 9.17) is 0 Å². The fourth-order valence-electron chi connectivity index (χ4n) is 5.38. The molecule has 0 saturated carbocycles. The van der Waals surface area contributed by atoms with E-state index in [1.807, 2.05) is 108 Å². The van der Waals surface area contributed by atoms with E-state index in [0.717, 1.165) is 33.4 Å². The van der Waals surface area contributed by atoms with E-state index in [1.165, 1.54) is 9.21 Å². The summed E-state index contributed by atoms with van der Waals surface area (Å²) in [5.41, 5.74) is 5.79. The number of sulfonamides is 1. The number of nitrogens with one attached hydrogen (secondary N) is 1. The second kappa shape index (κ2) is 14.6. The molecule has 45 heavy (non-hydrogen) atoms. The third kappa shape index (κ3) is 8.60. The highest BCUT2D eigenvalue weighted by atomic mass is 32.2. The van der Waals surface area contributed by atoms with E-state index in [9.17, 15) is 18.0 Å². The number of carbonyl (C=O) groups excluding carboxylic acids is 2. The van der Waals surface area contributed by atoms with E-state index in [-0.39, 0.29) is 29.8 Å². The lowest BCUT2D eigenvalue weighted by atomic mass is 10.0. The maximum absolute atomic E-state index is 14.6. The molecule has 0 radical (unpaired) electrons. The molecule has 1 unspecified atom stereocenters. The van der Waals surface area contributed by atoms with Gasteiger partial charge in [-0.1, -0.05) is 95.6 Å². The molecule has 4 aromatic rings. The van der Waals surface area contributed by atoms with E-state index in [2.05, 4.69) is 5.32 Å². The Bertz CT molecular complexity index is 1740. The molecule has 0 aliphatic heterocycles. The summed E-state index contributed by atoms with van der Waals surface area (Å²) in [5.74, 6) is -0.777. The molecule has 4 rings (SSSR count). The van der Waals surface area contributed by atoms with Crippen LogP contribution in [-0.2, 0) is 32.6 Å². The molecule has 0 aliphatic rings. The van der Waals surface area contributed by atoms with Gasteiger partial charge in [0.05, 0.1) is 10.6 Å². The van der Waals surface area contributed by atoms with Crippen molar-refractivity contribution >= 4 is 27.5 Å². The van der Waals surface area contributed by atoms with Crippen LogP contribution in [0, 0.1) is 27.7 Å². The van der Waals surface area contributed by atoms with Gasteiger partial charge in [0.25, 0.3) is 10.0 Å². The number of benzene rings is 4. The Balaban J connectivity index is 1.83. The van der Waals surface area contributed by atoms with Crippen LogP contribution in [-0.4, -0.2) is 43.8 Å². The van der Waals surface area contributed by atoms with Crippen molar-refractivity contribution < 1.29 is 18.0 Å². The molecule has 2 amide bonds. The molecule has 0 fully saturated rings. The number of amides is 2. The van der Waals surface area contributed by atoms with Gasteiger partial charge >= 0.3 is 0 Å². The van der Waals surface area contributed by atoms with E-state index < -0.39 is 28.5 Å². The number of rotatable bonds is 12. The normalized spacial score (nSPS) is 12.1. The zero-order valence-electron chi connectivity index (χ0n) is 26.9. The minimum absolute atomic E-state index is 0.0875. The average Bonchev–Trinajstić information content (AvgIpc) is 2.98. The summed E-state index contributed by atoms with van der Waals surface area (Å²) in [6.45, 7) is 11.0. The van der Waals surface area contributed by atoms with Crippen LogP contribution in [0.1, 0.15) is 47.2 Å². The van der Waals surface area contributed by atoms with Gasteiger partial charge in [0.1, 0.15) is 12.6 Å². The molecule has 4 aromatic carbocycles. The Morgan fingerprint density at radius 1 is 0.733 bits per heavy atom. The SMILES string of the molecule is Cc1ccc(S(=O)(=O)N(CC(=O)N(Cc2cccc(C)c2)C(Cc2ccccc2)C(=O)NC(C)C)c2ccc(C)cc2C)cc1. The first-order valence-corrected chi connectivity index (χ1v) is 16.6. The fourth-order valence-corrected chi connectivity index (χ4v) is 6.86. The molecule has 7 nitrogen and oxygen atoms in total. The largest absolute Gasteiger partial charge is 0.352 e. The van der Waals surface area contributed by atoms with Gasteiger partial charge in [0, 0.05) is 19.0 Å². The van der Waals surface area contributed by atoms with Crippen molar-refractivity contribution in [3.63, 3.8) is 0 Å². The van der Waals surface area contributed by atoms with E-state index in [1.54, 1.807) is 30.3 Å². The summed E-state index contributed by atoms with van der Waals surface area (Å²) < 4.78 is 29.7. The molecule has 0 aliphatic carbocycles. The lowest BCUT2D eigenvalue weighted by Gasteiger charge is -2.34. The van der Waals surface area contributed by atoms with Crippen molar-refractivity contribution in [2.45, 2.75) is 71.5 Å². The molecule has 0 heterocycles. The van der Waals surface area contributed by atoms with Crippen LogP contribution >= 0.6 is 0 Å². The molecular formula is C37H43N3O4S. The van der Waals surface area contributed by atoms with Crippen molar-refractivity contribution in [3.05, 3.63) is 130 Å². The van der Waals surface area contributed by atoms with Gasteiger partial charge in [-0.05, 0) is 76.4 Å². The van der Waals surface area contributed by atoms with Gasteiger partial charge in [-0.3, -0.25) is 13.9 Å². The van der Waals surface area contributed by atoms with Crippen molar-refractivity contribution in [2.75, 3.05) is 10.8 Å². The smallest absolute Gasteiger partial charge is 0.264 e. The van der Waals surface area contributed by atoms with Gasteiger partial charge in [-0.2, -0.15) is 0 Å². The summed E-state index contributed by atoms with van der Waals surface area (Å²) in [5, 5.41) is 2.99.